The lowest BCUT2D eigenvalue weighted by Gasteiger charge is -2.15. The Morgan fingerprint density at radius 3 is 2.59 bits per heavy atom. The van der Waals surface area contributed by atoms with Crippen LogP contribution >= 0.6 is 0 Å². The summed E-state index contributed by atoms with van der Waals surface area (Å²) in [5, 5.41) is 6.70. The second kappa shape index (κ2) is 12.0. The van der Waals surface area contributed by atoms with Crippen LogP contribution in [0.2, 0.25) is 0 Å². The number of aryl methyl sites for hydroxylation is 1. The van der Waals surface area contributed by atoms with E-state index in [4.69, 9.17) is 9.47 Å². The topological polar surface area (TPSA) is 54.9 Å². The van der Waals surface area contributed by atoms with Crippen molar-refractivity contribution in [3.05, 3.63) is 65.2 Å². The van der Waals surface area contributed by atoms with Crippen molar-refractivity contribution in [2.45, 2.75) is 33.4 Å². The maximum atomic E-state index is 5.96. The molecule has 0 saturated carbocycles. The Hall–Kier alpha value is -2.53. The molecule has 2 rings (SSSR count). The van der Waals surface area contributed by atoms with Crippen molar-refractivity contribution >= 4 is 5.96 Å². The molecular formula is C22H31N3O2. The van der Waals surface area contributed by atoms with E-state index in [1.807, 2.05) is 18.2 Å². The summed E-state index contributed by atoms with van der Waals surface area (Å²) in [6.45, 7) is 7.60. The molecular weight excluding hydrogens is 338 g/mol. The molecule has 0 saturated heterocycles. The van der Waals surface area contributed by atoms with E-state index in [-0.39, 0.29) is 0 Å². The summed E-state index contributed by atoms with van der Waals surface area (Å²) < 4.78 is 11.0. The number of ether oxygens (including phenoxy) is 2. The molecule has 5 heteroatoms. The van der Waals surface area contributed by atoms with E-state index >= 15 is 0 Å². The lowest BCUT2D eigenvalue weighted by Crippen LogP contribution is -2.36. The van der Waals surface area contributed by atoms with Crippen LogP contribution in [0.5, 0.6) is 5.75 Å². The van der Waals surface area contributed by atoms with E-state index in [9.17, 15) is 0 Å². The highest BCUT2D eigenvalue weighted by Crippen LogP contribution is 2.20. The maximum Gasteiger partial charge on any atom is 0.191 e. The second-order valence-corrected chi connectivity index (χ2v) is 6.34. The average molecular weight is 370 g/mol. The highest BCUT2D eigenvalue weighted by atomic mass is 16.5. The van der Waals surface area contributed by atoms with E-state index in [0.717, 1.165) is 30.2 Å². The first-order chi connectivity index (χ1) is 13.2. The van der Waals surface area contributed by atoms with Gasteiger partial charge in [0, 0.05) is 38.8 Å². The van der Waals surface area contributed by atoms with Gasteiger partial charge in [0.25, 0.3) is 0 Å². The fourth-order valence-corrected chi connectivity index (χ4v) is 2.60. The van der Waals surface area contributed by atoms with Crippen molar-refractivity contribution in [3.8, 4) is 5.75 Å². The molecule has 0 spiro atoms. The van der Waals surface area contributed by atoms with Crippen LogP contribution in [0.3, 0.4) is 0 Å². The Kier molecular flexibility index (Phi) is 9.21. The molecule has 0 bridgehead atoms. The van der Waals surface area contributed by atoms with Gasteiger partial charge in [-0.2, -0.15) is 0 Å². The number of benzene rings is 2. The zero-order valence-corrected chi connectivity index (χ0v) is 16.6. The summed E-state index contributed by atoms with van der Waals surface area (Å²) in [5.74, 6) is 1.71. The van der Waals surface area contributed by atoms with E-state index < -0.39 is 0 Å². The number of nitrogens with zero attached hydrogens (tertiary/aromatic N) is 1. The van der Waals surface area contributed by atoms with Crippen LogP contribution in [0.1, 0.15) is 30.0 Å². The van der Waals surface area contributed by atoms with Crippen LogP contribution in [0, 0.1) is 6.92 Å². The summed E-state index contributed by atoms with van der Waals surface area (Å²) >= 11 is 0. The minimum atomic E-state index is 0.643. The molecule has 0 radical (unpaired) electrons. The van der Waals surface area contributed by atoms with Gasteiger partial charge >= 0.3 is 0 Å². The van der Waals surface area contributed by atoms with Gasteiger partial charge in [0.05, 0.1) is 13.2 Å². The van der Waals surface area contributed by atoms with Crippen molar-refractivity contribution in [2.75, 3.05) is 26.9 Å². The standard InChI is InChI=1S/C22H31N3O2/c1-4-23-22(24-16-19-9-6-5-7-10-19)25-17-20-12-11-18(2)15-21(20)27-14-8-13-26-3/h5-7,9-12,15H,4,8,13-14,16-17H2,1-3H3,(H2,23,24,25). The van der Waals surface area contributed by atoms with Gasteiger partial charge in [0.1, 0.15) is 5.75 Å². The largest absolute Gasteiger partial charge is 0.493 e. The number of rotatable bonds is 10. The van der Waals surface area contributed by atoms with E-state index in [0.29, 0.717) is 26.3 Å². The Bertz CT molecular complexity index is 702. The van der Waals surface area contributed by atoms with Crippen LogP contribution in [-0.2, 0) is 17.8 Å². The number of nitrogens with one attached hydrogen (secondary N) is 2. The minimum absolute atomic E-state index is 0.643. The molecule has 0 fully saturated rings. The number of hydrogen-bond donors (Lipinski definition) is 2. The van der Waals surface area contributed by atoms with Crippen LogP contribution in [0.4, 0.5) is 0 Å². The monoisotopic (exact) mass is 369 g/mol. The highest BCUT2D eigenvalue weighted by molar-refractivity contribution is 5.79. The molecule has 27 heavy (non-hydrogen) atoms. The minimum Gasteiger partial charge on any atom is -0.493 e. The Morgan fingerprint density at radius 2 is 1.85 bits per heavy atom. The lowest BCUT2D eigenvalue weighted by molar-refractivity contribution is 0.172. The van der Waals surface area contributed by atoms with Crippen molar-refractivity contribution in [1.29, 1.82) is 0 Å². The summed E-state index contributed by atoms with van der Waals surface area (Å²) in [7, 11) is 1.71. The molecule has 0 unspecified atom stereocenters. The molecule has 0 aliphatic rings. The normalized spacial score (nSPS) is 11.3. The van der Waals surface area contributed by atoms with Gasteiger partial charge < -0.3 is 20.1 Å². The van der Waals surface area contributed by atoms with Crippen LogP contribution in [0.25, 0.3) is 0 Å². The van der Waals surface area contributed by atoms with Crippen molar-refractivity contribution in [1.82, 2.24) is 10.6 Å². The molecule has 2 N–H and O–H groups in total. The first-order valence-electron chi connectivity index (χ1n) is 9.50. The van der Waals surface area contributed by atoms with E-state index in [1.54, 1.807) is 7.11 Å². The molecule has 0 aliphatic carbocycles. The van der Waals surface area contributed by atoms with Crippen LogP contribution in [-0.4, -0.2) is 32.8 Å². The smallest absolute Gasteiger partial charge is 0.191 e. The molecule has 0 aliphatic heterocycles. The summed E-state index contributed by atoms with van der Waals surface area (Å²) in [6.07, 6.45) is 0.873. The average Bonchev–Trinajstić information content (AvgIpc) is 2.69. The van der Waals surface area contributed by atoms with Gasteiger partial charge in [-0.1, -0.05) is 42.5 Å². The molecule has 0 aromatic heterocycles. The molecule has 2 aromatic rings. The Labute approximate surface area is 162 Å². The number of methoxy groups -OCH3 is 1. The predicted octanol–water partition coefficient (Wildman–Crippen LogP) is 3.67. The van der Waals surface area contributed by atoms with Crippen LogP contribution < -0.4 is 15.4 Å². The predicted molar refractivity (Wildman–Crippen MR) is 111 cm³/mol. The van der Waals surface area contributed by atoms with Crippen molar-refractivity contribution in [3.63, 3.8) is 0 Å². The molecule has 0 heterocycles. The third kappa shape index (κ3) is 7.71. The molecule has 5 nitrogen and oxygen atoms in total. The molecule has 0 amide bonds. The Balaban J connectivity index is 1.98. The van der Waals surface area contributed by atoms with E-state index in [1.165, 1.54) is 11.1 Å². The summed E-state index contributed by atoms with van der Waals surface area (Å²) in [4.78, 5) is 4.67. The molecule has 0 atom stereocenters. The lowest BCUT2D eigenvalue weighted by atomic mass is 10.1. The molecule has 146 valence electrons. The van der Waals surface area contributed by atoms with Gasteiger partial charge in [-0.3, -0.25) is 0 Å². The SMILES string of the molecule is CCNC(=NCc1ccccc1)NCc1ccc(C)cc1OCCCOC. The quantitative estimate of drug-likeness (QED) is 0.381. The molecule has 2 aromatic carbocycles. The summed E-state index contributed by atoms with van der Waals surface area (Å²) in [6, 6.07) is 16.5. The second-order valence-electron chi connectivity index (χ2n) is 6.34. The van der Waals surface area contributed by atoms with Crippen molar-refractivity contribution in [2.24, 2.45) is 4.99 Å². The maximum absolute atomic E-state index is 5.96. The fourth-order valence-electron chi connectivity index (χ4n) is 2.60. The summed E-state index contributed by atoms with van der Waals surface area (Å²) in [5.41, 5.74) is 3.49. The number of hydrogen-bond acceptors (Lipinski definition) is 3. The van der Waals surface area contributed by atoms with Crippen LogP contribution in [0.15, 0.2) is 53.5 Å². The van der Waals surface area contributed by atoms with Gasteiger partial charge in [-0.15, -0.1) is 0 Å². The van der Waals surface area contributed by atoms with Gasteiger partial charge in [-0.05, 0) is 31.0 Å². The van der Waals surface area contributed by atoms with Gasteiger partial charge in [-0.25, -0.2) is 4.99 Å². The highest BCUT2D eigenvalue weighted by Gasteiger charge is 2.06. The van der Waals surface area contributed by atoms with Gasteiger partial charge in [0.2, 0.25) is 0 Å². The van der Waals surface area contributed by atoms with Crippen molar-refractivity contribution < 1.29 is 9.47 Å². The number of aliphatic imine (C=N–C) groups is 1. The first kappa shape index (κ1) is 20.8. The fraction of sp³-hybridized carbons (Fsp3) is 0.409. The Morgan fingerprint density at radius 1 is 1.04 bits per heavy atom. The number of guanidine groups is 1. The third-order valence-corrected chi connectivity index (χ3v) is 4.03. The van der Waals surface area contributed by atoms with Gasteiger partial charge in [0.15, 0.2) is 5.96 Å². The first-order valence-corrected chi connectivity index (χ1v) is 9.50. The zero-order chi connectivity index (χ0) is 19.3. The van der Waals surface area contributed by atoms with E-state index in [2.05, 4.69) is 59.8 Å². The zero-order valence-electron chi connectivity index (χ0n) is 16.6. The third-order valence-electron chi connectivity index (χ3n) is 4.03.